The fourth-order valence-corrected chi connectivity index (χ4v) is 1.17. The Labute approximate surface area is 119 Å². The van der Waals surface area contributed by atoms with Crippen molar-refractivity contribution >= 4 is 6.09 Å². The zero-order valence-corrected chi connectivity index (χ0v) is 11.8. The fourth-order valence-electron chi connectivity index (χ4n) is 1.17. The number of hydrogen-bond acceptors (Lipinski definition) is 5. The number of rotatable bonds is 4. The van der Waals surface area contributed by atoms with Crippen molar-refractivity contribution in [3.63, 3.8) is 0 Å². The van der Waals surface area contributed by atoms with Crippen LogP contribution in [0.15, 0.2) is 12.3 Å². The van der Waals surface area contributed by atoms with Crippen molar-refractivity contribution in [3.05, 3.63) is 18.0 Å². The van der Waals surface area contributed by atoms with Gasteiger partial charge in [0.2, 0.25) is 0 Å². The van der Waals surface area contributed by atoms with Gasteiger partial charge < -0.3 is 14.8 Å². The molecule has 0 atom stereocenters. The first kappa shape index (κ1) is 17.0. The van der Waals surface area contributed by atoms with Gasteiger partial charge in [0.25, 0.3) is 0 Å². The van der Waals surface area contributed by atoms with E-state index in [0.717, 1.165) is 0 Å². The van der Waals surface area contributed by atoms with E-state index in [9.17, 15) is 18.0 Å². The van der Waals surface area contributed by atoms with Gasteiger partial charge in [-0.05, 0) is 26.8 Å². The molecule has 0 radical (unpaired) electrons. The van der Waals surface area contributed by atoms with Crippen LogP contribution in [0.5, 0.6) is 6.01 Å². The second kappa shape index (κ2) is 6.59. The molecule has 0 saturated heterocycles. The predicted molar refractivity (Wildman–Crippen MR) is 66.7 cm³/mol. The van der Waals surface area contributed by atoms with E-state index in [4.69, 9.17) is 4.74 Å². The molecule has 118 valence electrons. The van der Waals surface area contributed by atoms with Crippen molar-refractivity contribution in [2.24, 2.45) is 0 Å². The molecule has 0 aliphatic heterocycles. The maximum Gasteiger partial charge on any atom is 0.422 e. The van der Waals surface area contributed by atoms with Crippen molar-refractivity contribution in [1.29, 1.82) is 0 Å². The summed E-state index contributed by atoms with van der Waals surface area (Å²) >= 11 is 0. The topological polar surface area (TPSA) is 73.3 Å². The third-order valence-corrected chi connectivity index (χ3v) is 1.87. The summed E-state index contributed by atoms with van der Waals surface area (Å²) in [6.45, 7) is 3.64. The van der Waals surface area contributed by atoms with E-state index in [1.165, 1.54) is 12.3 Å². The summed E-state index contributed by atoms with van der Waals surface area (Å²) in [6, 6.07) is 1.04. The van der Waals surface area contributed by atoms with Crippen LogP contribution in [0, 0.1) is 0 Å². The first-order valence-electron chi connectivity index (χ1n) is 6.03. The number of carbonyl (C=O) groups excluding carboxylic acids is 1. The van der Waals surface area contributed by atoms with Crippen LogP contribution in [0.2, 0.25) is 0 Å². The number of hydrogen-bond donors (Lipinski definition) is 1. The Morgan fingerprint density at radius 3 is 2.57 bits per heavy atom. The molecule has 0 saturated carbocycles. The lowest BCUT2D eigenvalue weighted by atomic mass is 10.2. The molecule has 0 aliphatic rings. The second-order valence-electron chi connectivity index (χ2n) is 5.09. The van der Waals surface area contributed by atoms with Crippen LogP contribution in [0.3, 0.4) is 0 Å². The summed E-state index contributed by atoms with van der Waals surface area (Å²) in [5.41, 5.74) is -0.343. The molecule has 0 spiro atoms. The number of ether oxygens (including phenoxy) is 2. The van der Waals surface area contributed by atoms with E-state index in [1.807, 2.05) is 0 Å². The average Bonchev–Trinajstić information content (AvgIpc) is 2.32. The van der Waals surface area contributed by atoms with E-state index < -0.39 is 30.5 Å². The summed E-state index contributed by atoms with van der Waals surface area (Å²) in [6.07, 6.45) is -3.88. The number of halogens is 3. The lowest BCUT2D eigenvalue weighted by Crippen LogP contribution is -2.32. The van der Waals surface area contributed by atoms with Gasteiger partial charge in [-0.25, -0.2) is 9.78 Å². The van der Waals surface area contributed by atoms with Gasteiger partial charge in [0.1, 0.15) is 5.60 Å². The lowest BCUT2D eigenvalue weighted by molar-refractivity contribution is -0.154. The Balaban J connectivity index is 2.51. The fraction of sp³-hybridized carbons (Fsp3) is 0.583. The summed E-state index contributed by atoms with van der Waals surface area (Å²) < 4.78 is 45.4. The minimum absolute atomic E-state index is 0.0141. The van der Waals surface area contributed by atoms with Gasteiger partial charge >= 0.3 is 18.3 Å². The molecule has 21 heavy (non-hydrogen) atoms. The van der Waals surface area contributed by atoms with Gasteiger partial charge in [-0.1, -0.05) is 0 Å². The van der Waals surface area contributed by atoms with Crippen molar-refractivity contribution in [1.82, 2.24) is 15.3 Å². The van der Waals surface area contributed by atoms with Gasteiger partial charge in [-0.2, -0.15) is 18.2 Å². The largest absolute Gasteiger partial charge is 0.454 e. The molecule has 1 rings (SSSR count). The maximum atomic E-state index is 12.0. The quantitative estimate of drug-likeness (QED) is 0.925. The highest BCUT2D eigenvalue weighted by molar-refractivity contribution is 5.67. The number of alkyl carbamates (subject to hydrolysis) is 1. The molecule has 0 unspecified atom stereocenters. The molecule has 6 nitrogen and oxygen atoms in total. The normalized spacial score (nSPS) is 11.9. The molecule has 1 heterocycles. The van der Waals surface area contributed by atoms with Crippen LogP contribution in [0.25, 0.3) is 0 Å². The highest BCUT2D eigenvalue weighted by Crippen LogP contribution is 2.15. The van der Waals surface area contributed by atoms with Gasteiger partial charge in [-0.3, -0.25) is 0 Å². The third kappa shape index (κ3) is 7.95. The Bertz CT molecular complexity index is 487. The first-order chi connectivity index (χ1) is 9.55. The minimum Gasteiger partial charge on any atom is -0.454 e. The van der Waals surface area contributed by atoms with Crippen LogP contribution in [-0.4, -0.2) is 34.4 Å². The van der Waals surface area contributed by atoms with Crippen LogP contribution < -0.4 is 10.1 Å². The van der Waals surface area contributed by atoms with Gasteiger partial charge in [0.15, 0.2) is 6.61 Å². The van der Waals surface area contributed by atoms with Crippen LogP contribution in [0.1, 0.15) is 26.5 Å². The van der Waals surface area contributed by atoms with Gasteiger partial charge in [0, 0.05) is 6.20 Å². The smallest absolute Gasteiger partial charge is 0.422 e. The van der Waals surface area contributed by atoms with Gasteiger partial charge in [-0.15, -0.1) is 0 Å². The molecule has 0 aliphatic carbocycles. The predicted octanol–water partition coefficient (Wildman–Crippen LogP) is 2.44. The Kier molecular flexibility index (Phi) is 5.34. The molecule has 1 amide bonds. The number of nitrogens with zero attached hydrogens (tertiary/aromatic N) is 2. The Morgan fingerprint density at radius 1 is 1.33 bits per heavy atom. The van der Waals surface area contributed by atoms with Crippen LogP contribution in [0.4, 0.5) is 18.0 Å². The molecule has 9 heteroatoms. The Hall–Kier alpha value is -2.06. The molecule has 1 aromatic rings. The van der Waals surface area contributed by atoms with E-state index in [-0.39, 0.29) is 6.54 Å². The zero-order chi connectivity index (χ0) is 16.1. The van der Waals surface area contributed by atoms with Crippen molar-refractivity contribution in [3.8, 4) is 6.01 Å². The summed E-state index contributed by atoms with van der Waals surface area (Å²) in [4.78, 5) is 18.7. The second-order valence-corrected chi connectivity index (χ2v) is 5.09. The monoisotopic (exact) mass is 307 g/mol. The molecular weight excluding hydrogens is 291 g/mol. The van der Waals surface area contributed by atoms with Crippen molar-refractivity contribution in [2.75, 3.05) is 6.61 Å². The molecular formula is C12H16F3N3O3. The molecule has 1 aromatic heterocycles. The van der Waals surface area contributed by atoms with E-state index in [0.29, 0.717) is 5.69 Å². The maximum absolute atomic E-state index is 12.0. The number of nitrogens with one attached hydrogen (secondary N) is 1. The number of carbonyl (C=O) groups is 1. The van der Waals surface area contributed by atoms with Crippen molar-refractivity contribution in [2.45, 2.75) is 39.1 Å². The van der Waals surface area contributed by atoms with E-state index >= 15 is 0 Å². The SMILES string of the molecule is CC(C)(C)OC(=O)NCc1ccnc(OCC(F)(F)F)n1. The first-order valence-corrected chi connectivity index (χ1v) is 6.03. The lowest BCUT2D eigenvalue weighted by Gasteiger charge is -2.19. The highest BCUT2D eigenvalue weighted by Gasteiger charge is 2.29. The Morgan fingerprint density at radius 2 is 2.00 bits per heavy atom. The third-order valence-electron chi connectivity index (χ3n) is 1.87. The average molecular weight is 307 g/mol. The zero-order valence-electron chi connectivity index (χ0n) is 11.8. The van der Waals surface area contributed by atoms with Crippen LogP contribution >= 0.6 is 0 Å². The summed E-state index contributed by atoms with van der Waals surface area (Å²) in [5, 5.41) is 2.43. The van der Waals surface area contributed by atoms with Gasteiger partial charge in [0.05, 0.1) is 12.2 Å². The molecule has 0 bridgehead atoms. The van der Waals surface area contributed by atoms with E-state index in [1.54, 1.807) is 20.8 Å². The number of alkyl halides is 3. The summed E-state index contributed by atoms with van der Waals surface area (Å²) in [5.74, 6) is 0. The van der Waals surface area contributed by atoms with Crippen molar-refractivity contribution < 1.29 is 27.4 Å². The van der Waals surface area contributed by atoms with Crippen LogP contribution in [-0.2, 0) is 11.3 Å². The molecule has 0 aromatic carbocycles. The minimum atomic E-state index is -4.46. The molecule has 1 N–H and O–H groups in total. The van der Waals surface area contributed by atoms with E-state index in [2.05, 4.69) is 20.0 Å². The molecule has 0 fully saturated rings. The highest BCUT2D eigenvalue weighted by atomic mass is 19.4. The number of amides is 1. The number of aromatic nitrogens is 2. The standard InChI is InChI=1S/C12H16F3N3O3/c1-11(2,3)21-10(19)17-6-8-4-5-16-9(18-8)20-7-12(13,14)15/h4-5H,6-7H2,1-3H3,(H,17,19). The summed E-state index contributed by atoms with van der Waals surface area (Å²) in [7, 11) is 0.